The molecule has 88 valence electrons. The maximum Gasteiger partial charge on any atom is 0.217 e. The Morgan fingerprint density at radius 3 is 3.19 bits per heavy atom. The highest BCUT2D eigenvalue weighted by Crippen LogP contribution is 2.21. The van der Waals surface area contributed by atoms with Crippen LogP contribution >= 0.6 is 0 Å². The molecule has 0 spiro atoms. The number of ether oxygens (including phenoxy) is 1. The number of nitrogens with zero attached hydrogens (tertiary/aromatic N) is 2. The summed E-state index contributed by atoms with van der Waals surface area (Å²) in [6.45, 7) is 3.16. The van der Waals surface area contributed by atoms with Crippen LogP contribution in [0.1, 0.15) is 12.0 Å². The summed E-state index contributed by atoms with van der Waals surface area (Å²) in [4.78, 5) is 6.51. The van der Waals surface area contributed by atoms with E-state index in [2.05, 4.69) is 9.88 Å². The lowest BCUT2D eigenvalue weighted by molar-refractivity contribution is 0.219. The zero-order chi connectivity index (χ0) is 11.4. The molecule has 2 rings (SSSR count). The van der Waals surface area contributed by atoms with Gasteiger partial charge in [-0.3, -0.25) is 4.90 Å². The molecule has 1 fully saturated rings. The predicted octanol–water partition coefficient (Wildman–Crippen LogP) is 0.904. The zero-order valence-electron chi connectivity index (χ0n) is 9.59. The third-order valence-corrected chi connectivity index (χ3v) is 3.07. The Kier molecular flexibility index (Phi) is 3.74. The van der Waals surface area contributed by atoms with Gasteiger partial charge in [0.1, 0.15) is 0 Å². The van der Waals surface area contributed by atoms with Crippen molar-refractivity contribution in [2.75, 3.05) is 26.8 Å². The van der Waals surface area contributed by atoms with Gasteiger partial charge in [-0.25, -0.2) is 4.98 Å². The number of likely N-dealkylation sites (tertiary alicyclic amines) is 1. The van der Waals surface area contributed by atoms with Crippen molar-refractivity contribution >= 4 is 0 Å². The topological polar surface area (TPSA) is 45.6 Å². The van der Waals surface area contributed by atoms with Crippen LogP contribution in [0.3, 0.4) is 0 Å². The molecule has 1 aromatic rings. The number of hydrogen-bond donors (Lipinski definition) is 1. The summed E-state index contributed by atoms with van der Waals surface area (Å²) in [6.07, 6.45) is 2.82. The molecule has 2 heterocycles. The number of rotatable bonds is 4. The smallest absolute Gasteiger partial charge is 0.217 e. The Morgan fingerprint density at radius 2 is 2.50 bits per heavy atom. The molecule has 4 nitrogen and oxygen atoms in total. The van der Waals surface area contributed by atoms with Crippen molar-refractivity contribution < 1.29 is 9.84 Å². The second-order valence-electron chi connectivity index (χ2n) is 4.24. The molecule has 1 N–H and O–H groups in total. The first-order valence-electron chi connectivity index (χ1n) is 5.64. The van der Waals surface area contributed by atoms with Gasteiger partial charge in [0.2, 0.25) is 5.88 Å². The van der Waals surface area contributed by atoms with E-state index in [1.54, 1.807) is 13.3 Å². The minimum atomic E-state index is 0.292. The average Bonchev–Trinajstić information content (AvgIpc) is 2.77. The van der Waals surface area contributed by atoms with E-state index in [4.69, 9.17) is 9.84 Å². The fourth-order valence-electron chi connectivity index (χ4n) is 2.17. The van der Waals surface area contributed by atoms with Gasteiger partial charge in [-0.2, -0.15) is 0 Å². The molecule has 4 heteroatoms. The molecule has 0 radical (unpaired) electrons. The number of hydrogen-bond acceptors (Lipinski definition) is 4. The molecule has 1 unspecified atom stereocenters. The molecule has 1 atom stereocenters. The quantitative estimate of drug-likeness (QED) is 0.822. The Labute approximate surface area is 95.9 Å². The van der Waals surface area contributed by atoms with Gasteiger partial charge in [0, 0.05) is 31.5 Å². The van der Waals surface area contributed by atoms with Crippen molar-refractivity contribution in [2.45, 2.75) is 13.0 Å². The van der Waals surface area contributed by atoms with E-state index >= 15 is 0 Å². The summed E-state index contributed by atoms with van der Waals surface area (Å²) in [5, 5.41) is 9.09. The van der Waals surface area contributed by atoms with Crippen molar-refractivity contribution in [2.24, 2.45) is 5.92 Å². The molecular formula is C12H18N2O2. The Bertz CT molecular complexity index is 344. The lowest BCUT2D eigenvalue weighted by Crippen LogP contribution is -2.21. The SMILES string of the molecule is COc1ncccc1CN1CCC(CO)C1. The van der Waals surface area contributed by atoms with Crippen LogP contribution in [0.4, 0.5) is 0 Å². The molecule has 1 aliphatic rings. The standard InChI is InChI=1S/C12H18N2O2/c1-16-12-11(3-2-5-13-12)8-14-6-4-10(7-14)9-15/h2-3,5,10,15H,4,6-9H2,1H3. The maximum absolute atomic E-state index is 9.09. The highest BCUT2D eigenvalue weighted by atomic mass is 16.5. The Balaban J connectivity index is 1.99. The Hall–Kier alpha value is -1.13. The molecule has 0 bridgehead atoms. The molecule has 0 aromatic carbocycles. The molecule has 16 heavy (non-hydrogen) atoms. The van der Waals surface area contributed by atoms with E-state index < -0.39 is 0 Å². The number of aromatic nitrogens is 1. The number of pyridine rings is 1. The minimum absolute atomic E-state index is 0.292. The minimum Gasteiger partial charge on any atom is -0.481 e. The number of aliphatic hydroxyl groups excluding tert-OH is 1. The Morgan fingerprint density at radius 1 is 1.62 bits per heavy atom. The predicted molar refractivity (Wildman–Crippen MR) is 61.3 cm³/mol. The summed E-state index contributed by atoms with van der Waals surface area (Å²) < 4.78 is 5.22. The van der Waals surface area contributed by atoms with E-state index in [1.165, 1.54) is 0 Å². The van der Waals surface area contributed by atoms with Crippen LogP contribution in [-0.2, 0) is 6.54 Å². The van der Waals surface area contributed by atoms with Gasteiger partial charge in [0.05, 0.1) is 7.11 Å². The average molecular weight is 222 g/mol. The normalized spacial score (nSPS) is 21.2. The van der Waals surface area contributed by atoms with Crippen LogP contribution in [0.25, 0.3) is 0 Å². The van der Waals surface area contributed by atoms with E-state index in [-0.39, 0.29) is 0 Å². The third kappa shape index (κ3) is 2.51. The third-order valence-electron chi connectivity index (χ3n) is 3.07. The monoisotopic (exact) mass is 222 g/mol. The van der Waals surface area contributed by atoms with E-state index in [1.807, 2.05) is 12.1 Å². The van der Waals surface area contributed by atoms with Crippen molar-refractivity contribution in [3.8, 4) is 5.88 Å². The maximum atomic E-state index is 9.09. The van der Waals surface area contributed by atoms with Crippen molar-refractivity contribution in [3.05, 3.63) is 23.9 Å². The largest absolute Gasteiger partial charge is 0.481 e. The molecule has 0 amide bonds. The zero-order valence-corrected chi connectivity index (χ0v) is 9.59. The van der Waals surface area contributed by atoms with Crippen LogP contribution in [0.5, 0.6) is 5.88 Å². The van der Waals surface area contributed by atoms with Crippen molar-refractivity contribution in [3.63, 3.8) is 0 Å². The first kappa shape index (κ1) is 11.4. The number of aliphatic hydroxyl groups is 1. The lowest BCUT2D eigenvalue weighted by atomic mass is 10.1. The van der Waals surface area contributed by atoms with Gasteiger partial charge < -0.3 is 9.84 Å². The second-order valence-corrected chi connectivity index (χ2v) is 4.24. The summed E-state index contributed by atoms with van der Waals surface area (Å²) in [5.41, 5.74) is 1.11. The molecular weight excluding hydrogens is 204 g/mol. The van der Waals surface area contributed by atoms with Gasteiger partial charge >= 0.3 is 0 Å². The lowest BCUT2D eigenvalue weighted by Gasteiger charge is -2.16. The summed E-state index contributed by atoms with van der Waals surface area (Å²) >= 11 is 0. The van der Waals surface area contributed by atoms with Gasteiger partial charge in [-0.05, 0) is 24.9 Å². The molecule has 0 saturated carbocycles. The molecule has 1 aromatic heterocycles. The summed E-state index contributed by atoms with van der Waals surface area (Å²) in [7, 11) is 1.65. The highest BCUT2D eigenvalue weighted by Gasteiger charge is 2.22. The van der Waals surface area contributed by atoms with Gasteiger partial charge in [-0.15, -0.1) is 0 Å². The van der Waals surface area contributed by atoms with Crippen molar-refractivity contribution in [1.82, 2.24) is 9.88 Å². The van der Waals surface area contributed by atoms with Crippen LogP contribution in [-0.4, -0.2) is 41.8 Å². The van der Waals surface area contributed by atoms with Crippen molar-refractivity contribution in [1.29, 1.82) is 0 Å². The van der Waals surface area contributed by atoms with E-state index in [9.17, 15) is 0 Å². The van der Waals surface area contributed by atoms with Gasteiger partial charge in [-0.1, -0.05) is 6.07 Å². The van der Waals surface area contributed by atoms with Crippen LogP contribution in [0, 0.1) is 5.92 Å². The molecule has 1 saturated heterocycles. The highest BCUT2D eigenvalue weighted by molar-refractivity contribution is 5.25. The van der Waals surface area contributed by atoms with Crippen LogP contribution in [0.2, 0.25) is 0 Å². The first-order valence-corrected chi connectivity index (χ1v) is 5.64. The fraction of sp³-hybridized carbons (Fsp3) is 0.583. The van der Waals surface area contributed by atoms with Gasteiger partial charge in [0.15, 0.2) is 0 Å². The summed E-state index contributed by atoms with van der Waals surface area (Å²) in [6, 6.07) is 3.97. The first-order chi connectivity index (χ1) is 7.83. The van der Waals surface area contributed by atoms with E-state index in [0.717, 1.165) is 31.6 Å². The van der Waals surface area contributed by atoms with E-state index in [0.29, 0.717) is 18.4 Å². The second kappa shape index (κ2) is 5.27. The number of methoxy groups -OCH3 is 1. The van der Waals surface area contributed by atoms with Crippen LogP contribution in [0.15, 0.2) is 18.3 Å². The molecule has 1 aliphatic heterocycles. The molecule has 0 aliphatic carbocycles. The fourth-order valence-corrected chi connectivity index (χ4v) is 2.17. The van der Waals surface area contributed by atoms with Crippen LogP contribution < -0.4 is 4.74 Å². The van der Waals surface area contributed by atoms with Gasteiger partial charge in [0.25, 0.3) is 0 Å². The summed E-state index contributed by atoms with van der Waals surface area (Å²) in [5.74, 6) is 1.14.